The summed E-state index contributed by atoms with van der Waals surface area (Å²) >= 11 is 3.02. The number of halogens is 3. The second-order valence-electron chi connectivity index (χ2n) is 1.56. The molecule has 0 bridgehead atoms. The summed E-state index contributed by atoms with van der Waals surface area (Å²) in [6, 6.07) is 0. The summed E-state index contributed by atoms with van der Waals surface area (Å²) in [6.07, 6.45) is -0.0173. The van der Waals surface area contributed by atoms with Gasteiger partial charge in [-0.1, -0.05) is 0 Å². The molecule has 0 saturated carbocycles. The Bertz CT molecular complexity index is 211. The fourth-order valence-electron chi connectivity index (χ4n) is 0.435. The predicted octanol–water partition coefficient (Wildman–Crippen LogP) is 2.18. The highest BCUT2D eigenvalue weighted by Gasteiger charge is 2.08. The standard InChI is InChI=1S/C5H3BrF2N2/c6-3-1-9-5(4(7)8)10-2-3/h1-2,4H. The Morgan fingerprint density at radius 3 is 2.20 bits per heavy atom. The van der Waals surface area contributed by atoms with Crippen molar-refractivity contribution in [2.75, 3.05) is 0 Å². The van der Waals surface area contributed by atoms with Gasteiger partial charge < -0.3 is 0 Å². The molecule has 0 aliphatic rings. The van der Waals surface area contributed by atoms with E-state index in [4.69, 9.17) is 0 Å². The summed E-state index contributed by atoms with van der Waals surface area (Å²) in [7, 11) is 0. The Hall–Kier alpha value is -0.580. The molecule has 0 saturated heterocycles. The van der Waals surface area contributed by atoms with Crippen molar-refractivity contribution in [3.8, 4) is 0 Å². The summed E-state index contributed by atoms with van der Waals surface area (Å²) in [5.41, 5.74) is 0. The quantitative estimate of drug-likeness (QED) is 0.708. The van der Waals surface area contributed by atoms with Crippen LogP contribution < -0.4 is 0 Å². The van der Waals surface area contributed by atoms with E-state index in [1.54, 1.807) is 0 Å². The monoisotopic (exact) mass is 208 g/mol. The molecule has 54 valence electrons. The van der Waals surface area contributed by atoms with Crippen molar-refractivity contribution in [3.63, 3.8) is 0 Å². The van der Waals surface area contributed by atoms with Crippen LogP contribution in [0.5, 0.6) is 0 Å². The first kappa shape index (κ1) is 7.53. The zero-order chi connectivity index (χ0) is 7.56. The van der Waals surface area contributed by atoms with Crippen LogP contribution in [0.25, 0.3) is 0 Å². The molecule has 0 fully saturated rings. The van der Waals surface area contributed by atoms with E-state index in [-0.39, 0.29) is 0 Å². The lowest BCUT2D eigenvalue weighted by Crippen LogP contribution is -1.92. The Balaban J connectivity index is 2.89. The minimum atomic E-state index is -2.59. The summed E-state index contributed by atoms with van der Waals surface area (Å²) < 4.78 is 24.1. The highest BCUT2D eigenvalue weighted by Crippen LogP contribution is 2.14. The molecule has 2 nitrogen and oxygen atoms in total. The minimum absolute atomic E-state index is 0.441. The summed E-state index contributed by atoms with van der Waals surface area (Å²) in [4.78, 5) is 6.74. The Kier molecular flexibility index (Phi) is 2.26. The maximum absolute atomic E-state index is 11.8. The maximum atomic E-state index is 11.8. The van der Waals surface area contributed by atoms with Crippen LogP contribution in [0, 0.1) is 0 Å². The van der Waals surface area contributed by atoms with E-state index in [1.807, 2.05) is 0 Å². The van der Waals surface area contributed by atoms with Crippen LogP contribution in [0.15, 0.2) is 16.9 Å². The van der Waals surface area contributed by atoms with Gasteiger partial charge >= 0.3 is 0 Å². The number of nitrogens with zero attached hydrogens (tertiary/aromatic N) is 2. The van der Waals surface area contributed by atoms with E-state index in [9.17, 15) is 8.78 Å². The normalized spacial score (nSPS) is 10.4. The molecule has 0 unspecified atom stereocenters. The fraction of sp³-hybridized carbons (Fsp3) is 0.200. The molecule has 0 aliphatic heterocycles. The smallest absolute Gasteiger partial charge is 0.235 e. The Morgan fingerprint density at radius 2 is 1.80 bits per heavy atom. The van der Waals surface area contributed by atoms with Gasteiger partial charge in [0.15, 0.2) is 5.82 Å². The largest absolute Gasteiger partial charge is 0.297 e. The molecular weight excluding hydrogens is 206 g/mol. The van der Waals surface area contributed by atoms with Crippen LogP contribution in [0.1, 0.15) is 12.2 Å². The first-order valence-corrected chi connectivity index (χ1v) is 3.25. The zero-order valence-corrected chi connectivity index (χ0v) is 6.35. The lowest BCUT2D eigenvalue weighted by Gasteiger charge is -1.94. The highest BCUT2D eigenvalue weighted by molar-refractivity contribution is 9.10. The van der Waals surface area contributed by atoms with Crippen LogP contribution in [0.2, 0.25) is 0 Å². The second kappa shape index (κ2) is 3.01. The molecule has 1 aromatic rings. The van der Waals surface area contributed by atoms with E-state index in [1.165, 1.54) is 12.4 Å². The van der Waals surface area contributed by atoms with E-state index in [0.717, 1.165) is 0 Å². The number of aromatic nitrogens is 2. The van der Waals surface area contributed by atoms with Crippen LogP contribution in [-0.4, -0.2) is 9.97 Å². The van der Waals surface area contributed by atoms with E-state index in [2.05, 4.69) is 25.9 Å². The minimum Gasteiger partial charge on any atom is -0.235 e. The second-order valence-corrected chi connectivity index (χ2v) is 2.48. The van der Waals surface area contributed by atoms with Crippen molar-refractivity contribution in [1.29, 1.82) is 0 Å². The van der Waals surface area contributed by atoms with Gasteiger partial charge in [-0.25, -0.2) is 18.7 Å². The molecule has 0 amide bonds. The van der Waals surface area contributed by atoms with Gasteiger partial charge in [-0.15, -0.1) is 0 Å². The van der Waals surface area contributed by atoms with Gasteiger partial charge in [-0.3, -0.25) is 0 Å². The van der Waals surface area contributed by atoms with Crippen molar-refractivity contribution < 1.29 is 8.78 Å². The first-order valence-electron chi connectivity index (χ1n) is 2.46. The van der Waals surface area contributed by atoms with Crippen LogP contribution >= 0.6 is 15.9 Å². The average molecular weight is 209 g/mol. The fourth-order valence-corrected chi connectivity index (χ4v) is 0.640. The van der Waals surface area contributed by atoms with Crippen molar-refractivity contribution in [1.82, 2.24) is 9.97 Å². The third kappa shape index (κ3) is 1.70. The van der Waals surface area contributed by atoms with Crippen molar-refractivity contribution in [2.24, 2.45) is 0 Å². The number of alkyl halides is 2. The van der Waals surface area contributed by atoms with Gasteiger partial charge in [0.1, 0.15) is 0 Å². The number of rotatable bonds is 1. The van der Waals surface area contributed by atoms with Crippen LogP contribution in [0.3, 0.4) is 0 Å². The predicted molar refractivity (Wildman–Crippen MR) is 34.7 cm³/mol. The average Bonchev–Trinajstić information content (AvgIpc) is 1.88. The third-order valence-corrected chi connectivity index (χ3v) is 1.24. The van der Waals surface area contributed by atoms with Crippen molar-refractivity contribution in [2.45, 2.75) is 6.43 Å². The Labute approximate surface area is 64.4 Å². The van der Waals surface area contributed by atoms with Gasteiger partial charge in [0.2, 0.25) is 0 Å². The molecule has 0 N–H and O–H groups in total. The third-order valence-electron chi connectivity index (χ3n) is 0.835. The maximum Gasteiger partial charge on any atom is 0.297 e. The summed E-state index contributed by atoms with van der Waals surface area (Å²) in [5, 5.41) is 0. The first-order chi connectivity index (χ1) is 4.70. The van der Waals surface area contributed by atoms with Gasteiger partial charge in [0.25, 0.3) is 6.43 Å². The molecule has 1 heterocycles. The zero-order valence-electron chi connectivity index (χ0n) is 4.76. The van der Waals surface area contributed by atoms with Crippen molar-refractivity contribution >= 4 is 15.9 Å². The van der Waals surface area contributed by atoms with E-state index in [0.29, 0.717) is 4.47 Å². The topological polar surface area (TPSA) is 25.8 Å². The summed E-state index contributed by atoms with van der Waals surface area (Å²) in [6.45, 7) is 0. The molecule has 0 aliphatic carbocycles. The van der Waals surface area contributed by atoms with Crippen molar-refractivity contribution in [3.05, 3.63) is 22.7 Å². The number of hydrogen-bond acceptors (Lipinski definition) is 2. The molecule has 0 aromatic carbocycles. The molecule has 10 heavy (non-hydrogen) atoms. The van der Waals surface area contributed by atoms with E-state index >= 15 is 0 Å². The SMILES string of the molecule is FC(F)c1ncc(Br)cn1. The molecule has 1 rings (SSSR count). The molecule has 1 aromatic heterocycles. The number of hydrogen-bond donors (Lipinski definition) is 0. The molecular formula is C5H3BrF2N2. The van der Waals surface area contributed by atoms with Gasteiger partial charge in [0.05, 0.1) is 4.47 Å². The van der Waals surface area contributed by atoms with Gasteiger partial charge in [0, 0.05) is 12.4 Å². The van der Waals surface area contributed by atoms with Gasteiger partial charge in [-0.2, -0.15) is 0 Å². The molecule has 5 heteroatoms. The molecule has 0 radical (unpaired) electrons. The highest BCUT2D eigenvalue weighted by atomic mass is 79.9. The van der Waals surface area contributed by atoms with Crippen LogP contribution in [0.4, 0.5) is 8.78 Å². The molecule has 0 atom stereocenters. The Morgan fingerprint density at radius 1 is 1.30 bits per heavy atom. The van der Waals surface area contributed by atoms with Gasteiger partial charge in [-0.05, 0) is 15.9 Å². The van der Waals surface area contributed by atoms with E-state index < -0.39 is 12.2 Å². The lowest BCUT2D eigenvalue weighted by atomic mass is 10.6. The lowest BCUT2D eigenvalue weighted by molar-refractivity contribution is 0.140. The van der Waals surface area contributed by atoms with Crippen LogP contribution in [-0.2, 0) is 0 Å². The summed E-state index contributed by atoms with van der Waals surface area (Å²) in [5.74, 6) is -0.441. The molecule has 0 spiro atoms.